The minimum atomic E-state index is 0.0262. The van der Waals surface area contributed by atoms with Gasteiger partial charge in [0.1, 0.15) is 0 Å². The summed E-state index contributed by atoms with van der Waals surface area (Å²) >= 11 is 11.7. The van der Waals surface area contributed by atoms with Gasteiger partial charge in [0.2, 0.25) is 5.91 Å². The average molecular weight is 258 g/mol. The summed E-state index contributed by atoms with van der Waals surface area (Å²) in [7, 11) is 1.71. The number of hydrogen-bond acceptors (Lipinski definition) is 1. The van der Waals surface area contributed by atoms with Crippen molar-refractivity contribution in [3.8, 4) is 0 Å². The Morgan fingerprint density at radius 2 is 2.12 bits per heavy atom. The van der Waals surface area contributed by atoms with Gasteiger partial charge in [0.15, 0.2) is 0 Å². The smallest absolute Gasteiger partial charge is 0.227 e. The highest BCUT2D eigenvalue weighted by atomic mass is 35.5. The van der Waals surface area contributed by atoms with Gasteiger partial charge in [-0.2, -0.15) is 0 Å². The number of halogens is 2. The van der Waals surface area contributed by atoms with Gasteiger partial charge < -0.3 is 4.90 Å². The van der Waals surface area contributed by atoms with E-state index in [0.29, 0.717) is 22.9 Å². The zero-order chi connectivity index (χ0) is 12.1. The zero-order valence-electron chi connectivity index (χ0n) is 9.04. The fourth-order valence-electron chi connectivity index (χ4n) is 1.23. The maximum Gasteiger partial charge on any atom is 0.227 e. The van der Waals surface area contributed by atoms with Crippen LogP contribution in [0, 0.1) is 0 Å². The van der Waals surface area contributed by atoms with Crippen LogP contribution < -0.4 is 4.90 Å². The molecule has 0 spiro atoms. The van der Waals surface area contributed by atoms with Crippen LogP contribution in [0.1, 0.15) is 12.8 Å². The molecule has 16 heavy (non-hydrogen) atoms. The first kappa shape index (κ1) is 13.1. The van der Waals surface area contributed by atoms with Crippen molar-refractivity contribution in [1.82, 2.24) is 0 Å². The van der Waals surface area contributed by atoms with Gasteiger partial charge in [-0.1, -0.05) is 29.3 Å². The van der Waals surface area contributed by atoms with Crippen molar-refractivity contribution in [1.29, 1.82) is 0 Å². The summed E-state index contributed by atoms with van der Waals surface area (Å²) in [6, 6.07) is 5.12. The predicted octanol–water partition coefficient (Wildman–Crippen LogP) is 3.92. The Bertz CT molecular complexity index is 404. The van der Waals surface area contributed by atoms with Gasteiger partial charge in [-0.05, 0) is 24.6 Å². The van der Waals surface area contributed by atoms with Crippen LogP contribution in [0.3, 0.4) is 0 Å². The van der Waals surface area contributed by atoms with Crippen molar-refractivity contribution >= 4 is 34.8 Å². The summed E-state index contributed by atoms with van der Waals surface area (Å²) < 4.78 is 0. The average Bonchev–Trinajstić information content (AvgIpc) is 2.28. The second kappa shape index (κ2) is 5.92. The van der Waals surface area contributed by atoms with Crippen LogP contribution in [0.2, 0.25) is 10.0 Å². The first-order valence-corrected chi connectivity index (χ1v) is 5.64. The molecule has 0 bridgehead atoms. The highest BCUT2D eigenvalue weighted by molar-refractivity contribution is 6.42. The van der Waals surface area contributed by atoms with E-state index in [2.05, 4.69) is 6.58 Å². The third kappa shape index (κ3) is 3.26. The maximum atomic E-state index is 11.7. The van der Waals surface area contributed by atoms with E-state index in [1.54, 1.807) is 36.2 Å². The first-order valence-electron chi connectivity index (χ1n) is 4.88. The molecule has 1 aromatic rings. The molecule has 0 fully saturated rings. The predicted molar refractivity (Wildman–Crippen MR) is 69.3 cm³/mol. The summed E-state index contributed by atoms with van der Waals surface area (Å²) in [5, 5.41) is 0.930. The number of amides is 1. The summed E-state index contributed by atoms with van der Waals surface area (Å²) in [5.74, 6) is 0.0262. The quantitative estimate of drug-likeness (QED) is 0.749. The van der Waals surface area contributed by atoms with Gasteiger partial charge in [0.25, 0.3) is 0 Å². The third-order valence-corrected chi connectivity index (χ3v) is 2.97. The Labute approximate surface area is 105 Å². The fraction of sp³-hybridized carbons (Fsp3) is 0.250. The van der Waals surface area contributed by atoms with E-state index < -0.39 is 0 Å². The summed E-state index contributed by atoms with van der Waals surface area (Å²) in [6.07, 6.45) is 2.84. The van der Waals surface area contributed by atoms with Crippen molar-refractivity contribution in [2.45, 2.75) is 12.8 Å². The summed E-state index contributed by atoms with van der Waals surface area (Å²) in [6.45, 7) is 3.58. The lowest BCUT2D eigenvalue weighted by Crippen LogP contribution is -2.25. The number of nitrogens with zero attached hydrogens (tertiary/aromatic N) is 1. The largest absolute Gasteiger partial charge is 0.315 e. The maximum absolute atomic E-state index is 11.7. The van der Waals surface area contributed by atoms with E-state index in [0.717, 1.165) is 5.69 Å². The highest BCUT2D eigenvalue weighted by Crippen LogP contribution is 2.26. The van der Waals surface area contributed by atoms with Crippen LogP contribution in [0.15, 0.2) is 30.9 Å². The topological polar surface area (TPSA) is 20.3 Å². The molecule has 86 valence electrons. The Hall–Kier alpha value is -0.990. The number of carbonyl (C=O) groups is 1. The van der Waals surface area contributed by atoms with E-state index in [9.17, 15) is 4.79 Å². The molecule has 1 aromatic carbocycles. The molecular weight excluding hydrogens is 245 g/mol. The number of anilines is 1. The minimum absolute atomic E-state index is 0.0262. The molecular formula is C12H13Cl2NO. The Kier molecular flexibility index (Phi) is 4.84. The Balaban J connectivity index is 2.79. The molecule has 0 aliphatic carbocycles. The van der Waals surface area contributed by atoms with Crippen molar-refractivity contribution in [2.75, 3.05) is 11.9 Å². The van der Waals surface area contributed by atoms with E-state index in [1.807, 2.05) is 0 Å². The second-order valence-corrected chi connectivity index (χ2v) is 4.19. The van der Waals surface area contributed by atoms with Crippen LogP contribution in [0.4, 0.5) is 5.69 Å². The lowest BCUT2D eigenvalue weighted by Gasteiger charge is -2.17. The number of carbonyl (C=O) groups excluding carboxylic acids is 1. The van der Waals surface area contributed by atoms with Gasteiger partial charge in [-0.25, -0.2) is 0 Å². The van der Waals surface area contributed by atoms with Gasteiger partial charge >= 0.3 is 0 Å². The number of allylic oxidation sites excluding steroid dienone is 1. The normalized spacial score (nSPS) is 9.94. The molecule has 0 aliphatic rings. The first-order chi connectivity index (χ1) is 7.56. The Morgan fingerprint density at radius 1 is 1.44 bits per heavy atom. The molecule has 0 aliphatic heterocycles. The standard InChI is InChI=1S/C12H13Cl2NO/c1-3-4-5-12(16)15(2)9-6-7-10(13)11(14)8-9/h3,6-8H,1,4-5H2,2H3. The van der Waals surface area contributed by atoms with Crippen molar-refractivity contribution in [3.05, 3.63) is 40.9 Å². The van der Waals surface area contributed by atoms with Crippen molar-refractivity contribution in [3.63, 3.8) is 0 Å². The number of hydrogen-bond donors (Lipinski definition) is 0. The van der Waals surface area contributed by atoms with Gasteiger partial charge in [0, 0.05) is 19.2 Å². The molecule has 0 N–H and O–H groups in total. The SMILES string of the molecule is C=CCCC(=O)N(C)c1ccc(Cl)c(Cl)c1. The molecule has 0 atom stereocenters. The van der Waals surface area contributed by atoms with Gasteiger partial charge in [0.05, 0.1) is 10.0 Å². The van der Waals surface area contributed by atoms with Crippen LogP contribution in [0.5, 0.6) is 0 Å². The molecule has 1 amide bonds. The van der Waals surface area contributed by atoms with E-state index >= 15 is 0 Å². The Morgan fingerprint density at radius 3 is 2.69 bits per heavy atom. The molecule has 4 heteroatoms. The van der Waals surface area contributed by atoms with Crippen LogP contribution in [-0.2, 0) is 4.79 Å². The molecule has 1 rings (SSSR count). The van der Waals surface area contributed by atoms with Gasteiger partial charge in [-0.15, -0.1) is 6.58 Å². The van der Waals surface area contributed by atoms with Crippen molar-refractivity contribution < 1.29 is 4.79 Å². The lowest BCUT2D eigenvalue weighted by atomic mass is 10.2. The number of rotatable bonds is 4. The lowest BCUT2D eigenvalue weighted by molar-refractivity contribution is -0.118. The molecule has 0 aromatic heterocycles. The third-order valence-electron chi connectivity index (χ3n) is 2.23. The zero-order valence-corrected chi connectivity index (χ0v) is 10.6. The van der Waals surface area contributed by atoms with E-state index in [1.165, 1.54) is 0 Å². The van der Waals surface area contributed by atoms with Crippen molar-refractivity contribution in [2.24, 2.45) is 0 Å². The second-order valence-electron chi connectivity index (χ2n) is 3.38. The summed E-state index contributed by atoms with van der Waals surface area (Å²) in [4.78, 5) is 13.3. The van der Waals surface area contributed by atoms with E-state index in [-0.39, 0.29) is 5.91 Å². The monoisotopic (exact) mass is 257 g/mol. The molecule has 0 unspecified atom stereocenters. The van der Waals surface area contributed by atoms with Crippen LogP contribution >= 0.6 is 23.2 Å². The highest BCUT2D eigenvalue weighted by Gasteiger charge is 2.10. The molecule has 0 heterocycles. The fourth-order valence-corrected chi connectivity index (χ4v) is 1.52. The van der Waals surface area contributed by atoms with Crippen LogP contribution in [0.25, 0.3) is 0 Å². The molecule has 2 nitrogen and oxygen atoms in total. The minimum Gasteiger partial charge on any atom is -0.315 e. The number of benzene rings is 1. The van der Waals surface area contributed by atoms with Crippen LogP contribution in [-0.4, -0.2) is 13.0 Å². The molecule has 0 saturated heterocycles. The van der Waals surface area contributed by atoms with E-state index in [4.69, 9.17) is 23.2 Å². The summed E-state index contributed by atoms with van der Waals surface area (Å²) in [5.41, 5.74) is 0.739. The van der Waals surface area contributed by atoms with Gasteiger partial charge in [-0.3, -0.25) is 4.79 Å². The molecule has 0 saturated carbocycles. The molecule has 0 radical (unpaired) electrons.